The molecule has 0 aliphatic heterocycles. The quantitative estimate of drug-likeness (QED) is 0.817. The molecule has 0 fully saturated rings. The Balaban J connectivity index is 2.37. The van der Waals surface area contributed by atoms with Gasteiger partial charge in [-0.3, -0.25) is 13.9 Å². The van der Waals surface area contributed by atoms with E-state index >= 15 is 0 Å². The van der Waals surface area contributed by atoms with E-state index in [1.807, 2.05) is 49.3 Å². The Morgan fingerprint density at radius 1 is 1.19 bits per heavy atom. The lowest BCUT2D eigenvalue weighted by molar-refractivity contribution is 0.311. The van der Waals surface area contributed by atoms with Crippen LogP contribution in [0.5, 0.6) is 5.75 Å². The Morgan fingerprint density at radius 3 is 2.31 bits per heavy atom. The summed E-state index contributed by atoms with van der Waals surface area (Å²) >= 11 is 0. The molecule has 1 aromatic carbocycles. The molecule has 138 valence electrons. The molecule has 1 heterocycles. The minimum Gasteiger partial charge on any atom is -0.497 e. The fourth-order valence-corrected chi connectivity index (χ4v) is 2.77. The van der Waals surface area contributed by atoms with Gasteiger partial charge in [0.25, 0.3) is 5.56 Å². The van der Waals surface area contributed by atoms with Crippen molar-refractivity contribution in [3.05, 3.63) is 56.2 Å². The molecule has 1 N–H and O–H groups in total. The second-order valence-electron chi connectivity index (χ2n) is 6.17. The van der Waals surface area contributed by atoms with Crippen molar-refractivity contribution in [2.24, 2.45) is 14.1 Å². The Morgan fingerprint density at radius 2 is 1.81 bits per heavy atom. The van der Waals surface area contributed by atoms with Gasteiger partial charge in [0.2, 0.25) is 0 Å². The maximum atomic E-state index is 12.2. The van der Waals surface area contributed by atoms with Crippen LogP contribution in [0.25, 0.3) is 0 Å². The predicted molar refractivity (Wildman–Crippen MR) is 99.6 cm³/mol. The smallest absolute Gasteiger partial charge is 0.332 e. The van der Waals surface area contributed by atoms with Crippen LogP contribution in [0.2, 0.25) is 0 Å². The minimum absolute atomic E-state index is 0.0355. The zero-order chi connectivity index (χ0) is 19.4. The monoisotopic (exact) mass is 357 g/mol. The lowest BCUT2D eigenvalue weighted by Gasteiger charge is -2.26. The average molecular weight is 357 g/mol. The molecule has 1 unspecified atom stereocenters. The highest BCUT2D eigenvalue weighted by Crippen LogP contribution is 2.22. The van der Waals surface area contributed by atoms with Crippen molar-refractivity contribution in [1.29, 1.82) is 5.26 Å². The molecular formula is C18H23N5O3. The number of ether oxygens (including phenoxy) is 1. The van der Waals surface area contributed by atoms with Crippen LogP contribution in [0.15, 0.2) is 33.9 Å². The van der Waals surface area contributed by atoms with Gasteiger partial charge in [-0.25, -0.2) is 4.79 Å². The van der Waals surface area contributed by atoms with Gasteiger partial charge in [-0.15, -0.1) is 0 Å². The van der Waals surface area contributed by atoms with Gasteiger partial charge < -0.3 is 15.0 Å². The summed E-state index contributed by atoms with van der Waals surface area (Å²) in [6, 6.07) is 9.53. The third kappa shape index (κ3) is 3.63. The fraction of sp³-hybridized carbons (Fsp3) is 0.389. The minimum atomic E-state index is -0.607. The fourth-order valence-electron chi connectivity index (χ4n) is 2.77. The van der Waals surface area contributed by atoms with E-state index in [2.05, 4.69) is 5.32 Å². The number of hydrogen-bond donors (Lipinski definition) is 1. The maximum Gasteiger partial charge on any atom is 0.332 e. The molecule has 0 spiro atoms. The third-order valence-corrected chi connectivity index (χ3v) is 4.36. The van der Waals surface area contributed by atoms with Crippen LogP contribution in [0.4, 0.5) is 5.82 Å². The molecule has 1 atom stereocenters. The van der Waals surface area contributed by atoms with Gasteiger partial charge in [0.1, 0.15) is 17.6 Å². The first kappa shape index (κ1) is 19.3. The third-order valence-electron chi connectivity index (χ3n) is 4.36. The summed E-state index contributed by atoms with van der Waals surface area (Å²) in [6.07, 6.45) is 0. The number of nitrogens with one attached hydrogen (secondary N) is 1. The summed E-state index contributed by atoms with van der Waals surface area (Å²) in [4.78, 5) is 26.3. The summed E-state index contributed by atoms with van der Waals surface area (Å²) in [5.41, 5.74) is -0.135. The molecule has 8 heteroatoms. The largest absolute Gasteiger partial charge is 0.497 e. The average Bonchev–Trinajstić information content (AvgIpc) is 2.64. The topological polar surface area (TPSA) is 92.3 Å². The molecule has 0 saturated heterocycles. The number of nitriles is 1. The Bertz CT molecular complexity index is 936. The van der Waals surface area contributed by atoms with E-state index in [9.17, 15) is 14.9 Å². The Kier molecular flexibility index (Phi) is 5.85. The molecule has 0 aliphatic rings. The van der Waals surface area contributed by atoms with E-state index in [4.69, 9.17) is 4.74 Å². The molecule has 0 bridgehead atoms. The van der Waals surface area contributed by atoms with Crippen LogP contribution in [0.3, 0.4) is 0 Å². The van der Waals surface area contributed by atoms with E-state index in [1.54, 1.807) is 7.11 Å². The van der Waals surface area contributed by atoms with Crippen LogP contribution < -0.4 is 21.3 Å². The van der Waals surface area contributed by atoms with Crippen LogP contribution in [-0.4, -0.2) is 41.8 Å². The second-order valence-corrected chi connectivity index (χ2v) is 6.17. The van der Waals surface area contributed by atoms with Gasteiger partial charge in [0.15, 0.2) is 5.56 Å². The Hall–Kier alpha value is -3.05. The zero-order valence-corrected chi connectivity index (χ0v) is 15.6. The van der Waals surface area contributed by atoms with Crippen molar-refractivity contribution in [3.8, 4) is 11.8 Å². The van der Waals surface area contributed by atoms with Gasteiger partial charge in [0, 0.05) is 20.6 Å². The molecule has 0 saturated carbocycles. The summed E-state index contributed by atoms with van der Waals surface area (Å²) in [7, 11) is 8.37. The standard InChI is InChI=1S/C18H23N5O3/c1-21(2)15(12-6-8-13(26-5)9-7-12)11-20-16-14(10-19)17(24)23(4)18(25)22(16)3/h6-9,15,20H,11H2,1-5H3. The van der Waals surface area contributed by atoms with Gasteiger partial charge >= 0.3 is 5.69 Å². The highest BCUT2D eigenvalue weighted by Gasteiger charge is 2.19. The van der Waals surface area contributed by atoms with Gasteiger partial charge in [-0.1, -0.05) is 12.1 Å². The number of aromatic nitrogens is 2. The molecule has 26 heavy (non-hydrogen) atoms. The van der Waals surface area contributed by atoms with Crippen molar-refractivity contribution in [2.45, 2.75) is 6.04 Å². The van der Waals surface area contributed by atoms with E-state index in [0.29, 0.717) is 6.54 Å². The normalized spacial score (nSPS) is 11.9. The molecular weight excluding hydrogens is 334 g/mol. The van der Waals surface area contributed by atoms with Gasteiger partial charge in [-0.2, -0.15) is 5.26 Å². The highest BCUT2D eigenvalue weighted by atomic mass is 16.5. The predicted octanol–water partition coefficient (Wildman–Crippen LogP) is 0.679. The van der Waals surface area contributed by atoms with Crippen LogP contribution in [0, 0.1) is 11.3 Å². The number of methoxy groups -OCH3 is 1. The lowest BCUT2D eigenvalue weighted by atomic mass is 10.1. The number of benzene rings is 1. The van der Waals surface area contributed by atoms with E-state index in [0.717, 1.165) is 15.9 Å². The van der Waals surface area contributed by atoms with Gasteiger partial charge in [-0.05, 0) is 31.8 Å². The van der Waals surface area contributed by atoms with Crippen LogP contribution in [0.1, 0.15) is 17.2 Å². The molecule has 0 aliphatic carbocycles. The number of rotatable bonds is 6. The number of nitrogens with zero attached hydrogens (tertiary/aromatic N) is 4. The zero-order valence-electron chi connectivity index (χ0n) is 15.6. The lowest BCUT2D eigenvalue weighted by Crippen LogP contribution is -2.40. The van der Waals surface area contributed by atoms with E-state index < -0.39 is 11.2 Å². The highest BCUT2D eigenvalue weighted by molar-refractivity contribution is 5.51. The maximum absolute atomic E-state index is 12.2. The molecule has 0 amide bonds. The number of likely N-dealkylation sites (N-methyl/N-ethyl adjacent to an activating group) is 1. The Labute approximate surface area is 151 Å². The van der Waals surface area contributed by atoms with Crippen molar-refractivity contribution in [3.63, 3.8) is 0 Å². The molecule has 0 radical (unpaired) electrons. The van der Waals surface area contributed by atoms with Crippen LogP contribution >= 0.6 is 0 Å². The molecule has 1 aromatic heterocycles. The van der Waals surface area contributed by atoms with E-state index in [1.165, 1.54) is 18.7 Å². The van der Waals surface area contributed by atoms with Crippen molar-refractivity contribution < 1.29 is 4.74 Å². The summed E-state index contributed by atoms with van der Waals surface area (Å²) < 4.78 is 7.39. The number of anilines is 1. The summed E-state index contributed by atoms with van der Waals surface area (Å²) in [5, 5.41) is 12.4. The summed E-state index contributed by atoms with van der Waals surface area (Å²) in [6.45, 7) is 0.411. The van der Waals surface area contributed by atoms with Crippen molar-refractivity contribution in [1.82, 2.24) is 14.0 Å². The first-order chi connectivity index (χ1) is 12.3. The number of hydrogen-bond acceptors (Lipinski definition) is 6. The SMILES string of the molecule is COc1ccc(C(CNc2c(C#N)c(=O)n(C)c(=O)n2C)N(C)C)cc1. The van der Waals surface area contributed by atoms with Crippen molar-refractivity contribution >= 4 is 5.82 Å². The second kappa shape index (κ2) is 7.89. The molecule has 8 nitrogen and oxygen atoms in total. The molecule has 2 rings (SSSR count). The van der Waals surface area contributed by atoms with Crippen molar-refractivity contribution in [2.75, 3.05) is 33.1 Å². The molecule has 2 aromatic rings. The van der Waals surface area contributed by atoms with Gasteiger partial charge in [0.05, 0.1) is 13.2 Å². The first-order valence-corrected chi connectivity index (χ1v) is 8.06. The summed E-state index contributed by atoms with van der Waals surface area (Å²) in [5.74, 6) is 0.987. The first-order valence-electron chi connectivity index (χ1n) is 8.06. The van der Waals surface area contributed by atoms with E-state index in [-0.39, 0.29) is 17.4 Å². The van der Waals surface area contributed by atoms with Crippen LogP contribution in [-0.2, 0) is 14.1 Å².